The highest BCUT2D eigenvalue weighted by Gasteiger charge is 2.35. The summed E-state index contributed by atoms with van der Waals surface area (Å²) in [6, 6.07) is 7.01. The molecule has 7 nitrogen and oxygen atoms in total. The van der Waals surface area contributed by atoms with Gasteiger partial charge in [-0.1, -0.05) is 12.8 Å². The third-order valence-corrected chi connectivity index (χ3v) is 5.62. The highest BCUT2D eigenvalue weighted by atomic mass is 16.5. The van der Waals surface area contributed by atoms with E-state index in [2.05, 4.69) is 10.2 Å². The third kappa shape index (κ3) is 3.86. The summed E-state index contributed by atoms with van der Waals surface area (Å²) in [4.78, 5) is 26.8. The van der Waals surface area contributed by atoms with Crippen molar-refractivity contribution in [2.24, 2.45) is 5.92 Å². The van der Waals surface area contributed by atoms with Crippen LogP contribution >= 0.6 is 0 Å². The van der Waals surface area contributed by atoms with Crippen molar-refractivity contribution in [3.8, 4) is 11.5 Å². The molecule has 142 valence electrons. The summed E-state index contributed by atoms with van der Waals surface area (Å²) in [5.74, 6) is 0.418. The van der Waals surface area contributed by atoms with Gasteiger partial charge in [0.05, 0.1) is 5.56 Å². The number of aromatic nitrogens is 2. The van der Waals surface area contributed by atoms with E-state index in [9.17, 15) is 9.59 Å². The molecule has 0 N–H and O–H groups in total. The van der Waals surface area contributed by atoms with Gasteiger partial charge in [-0.3, -0.25) is 4.79 Å². The number of amides is 1. The van der Waals surface area contributed by atoms with Crippen molar-refractivity contribution in [1.29, 1.82) is 0 Å². The molecule has 0 unspecified atom stereocenters. The zero-order chi connectivity index (χ0) is 18.6. The van der Waals surface area contributed by atoms with Gasteiger partial charge in [-0.15, -0.1) is 10.2 Å². The van der Waals surface area contributed by atoms with Crippen LogP contribution in [0.25, 0.3) is 11.5 Å². The molecule has 1 amide bonds. The van der Waals surface area contributed by atoms with Crippen LogP contribution in [0.1, 0.15) is 48.9 Å². The van der Waals surface area contributed by atoms with Crippen molar-refractivity contribution in [3.05, 3.63) is 36.2 Å². The average molecular weight is 369 g/mol. The lowest BCUT2D eigenvalue weighted by atomic mass is 9.78. The summed E-state index contributed by atoms with van der Waals surface area (Å²) in [5, 5.41) is 7.45. The van der Waals surface area contributed by atoms with Gasteiger partial charge in [0.15, 0.2) is 6.61 Å². The molecule has 1 aromatic carbocycles. The van der Waals surface area contributed by atoms with Gasteiger partial charge in [0, 0.05) is 18.2 Å². The summed E-state index contributed by atoms with van der Waals surface area (Å²) >= 11 is 0. The molecule has 0 bridgehead atoms. The quantitative estimate of drug-likeness (QED) is 0.770. The Balaban J connectivity index is 1.34. The van der Waals surface area contributed by atoms with E-state index in [0.717, 1.165) is 24.9 Å². The van der Waals surface area contributed by atoms with Crippen LogP contribution in [0.4, 0.5) is 0 Å². The van der Waals surface area contributed by atoms with Crippen LogP contribution in [0.2, 0.25) is 0 Å². The Bertz CT molecular complexity index is 786. The Kier molecular flexibility index (Phi) is 5.18. The Hall–Kier alpha value is -2.70. The minimum atomic E-state index is -0.502. The van der Waals surface area contributed by atoms with Gasteiger partial charge in [0.2, 0.25) is 12.3 Å². The second kappa shape index (κ2) is 7.90. The smallest absolute Gasteiger partial charge is 0.338 e. The Morgan fingerprint density at radius 1 is 1.11 bits per heavy atom. The van der Waals surface area contributed by atoms with Crippen LogP contribution in [0.5, 0.6) is 0 Å². The Morgan fingerprint density at radius 2 is 1.89 bits per heavy atom. The number of fused-ring (bicyclic) bond motifs is 1. The first-order valence-electron chi connectivity index (χ1n) is 9.55. The molecule has 27 heavy (non-hydrogen) atoms. The van der Waals surface area contributed by atoms with E-state index in [-0.39, 0.29) is 12.5 Å². The normalized spacial score (nSPS) is 22.1. The van der Waals surface area contributed by atoms with Crippen molar-refractivity contribution in [3.63, 3.8) is 0 Å². The van der Waals surface area contributed by atoms with Crippen molar-refractivity contribution < 1.29 is 18.7 Å². The van der Waals surface area contributed by atoms with Crippen LogP contribution in [0.3, 0.4) is 0 Å². The number of esters is 1. The summed E-state index contributed by atoms with van der Waals surface area (Å²) in [6.45, 7) is 0.573. The van der Waals surface area contributed by atoms with Gasteiger partial charge >= 0.3 is 5.97 Å². The third-order valence-electron chi connectivity index (χ3n) is 5.62. The van der Waals surface area contributed by atoms with Crippen molar-refractivity contribution in [2.75, 3.05) is 13.2 Å². The number of carbonyl (C=O) groups excluding carboxylic acids is 2. The SMILES string of the molecule is O=C(OCC(=O)N1CCC[C@H]2CCCC[C@@H]21)c1ccc(-c2nnco2)cc1. The van der Waals surface area contributed by atoms with Gasteiger partial charge < -0.3 is 14.1 Å². The molecule has 1 saturated heterocycles. The molecule has 1 aliphatic heterocycles. The standard InChI is InChI=1S/C20H23N3O4/c24-18(23-11-3-5-14-4-1-2-6-17(14)23)12-26-20(25)16-9-7-15(8-10-16)19-22-21-13-27-19/h7-10,13-14,17H,1-6,11-12H2/t14-,17+/m1/s1. The van der Waals surface area contributed by atoms with Gasteiger partial charge in [0.25, 0.3) is 5.91 Å². The monoisotopic (exact) mass is 369 g/mol. The molecule has 2 aromatic rings. The molecule has 7 heteroatoms. The molecular formula is C20H23N3O4. The molecule has 2 atom stereocenters. The van der Waals surface area contributed by atoms with E-state index in [4.69, 9.17) is 9.15 Å². The summed E-state index contributed by atoms with van der Waals surface area (Å²) in [7, 11) is 0. The van der Waals surface area contributed by atoms with Crippen molar-refractivity contribution in [2.45, 2.75) is 44.6 Å². The number of benzene rings is 1. The lowest BCUT2D eigenvalue weighted by Gasteiger charge is -2.44. The second-order valence-corrected chi connectivity index (χ2v) is 7.24. The summed E-state index contributed by atoms with van der Waals surface area (Å²) in [6.07, 6.45) is 8.22. The number of rotatable bonds is 4. The lowest BCUT2D eigenvalue weighted by molar-refractivity contribution is -0.140. The molecule has 1 aliphatic carbocycles. The van der Waals surface area contributed by atoms with E-state index in [1.54, 1.807) is 24.3 Å². The minimum Gasteiger partial charge on any atom is -0.452 e. The van der Waals surface area contributed by atoms with E-state index in [0.29, 0.717) is 23.4 Å². The number of hydrogen-bond acceptors (Lipinski definition) is 6. The van der Waals surface area contributed by atoms with E-state index >= 15 is 0 Å². The number of carbonyl (C=O) groups is 2. The molecule has 2 aliphatic rings. The molecule has 4 rings (SSSR count). The van der Waals surface area contributed by atoms with E-state index < -0.39 is 5.97 Å². The molecule has 0 radical (unpaired) electrons. The van der Waals surface area contributed by atoms with Crippen LogP contribution in [-0.4, -0.2) is 46.2 Å². The zero-order valence-electron chi connectivity index (χ0n) is 15.2. The average Bonchev–Trinajstić information content (AvgIpc) is 3.26. The number of nitrogens with zero attached hydrogens (tertiary/aromatic N) is 3. The van der Waals surface area contributed by atoms with E-state index in [1.807, 2.05) is 4.90 Å². The maximum absolute atomic E-state index is 12.6. The molecule has 0 spiro atoms. The predicted octanol–water partition coefficient (Wildman–Crippen LogP) is 3.07. The van der Waals surface area contributed by atoms with Crippen molar-refractivity contribution >= 4 is 11.9 Å². The minimum absolute atomic E-state index is 0.0811. The summed E-state index contributed by atoms with van der Waals surface area (Å²) in [5.41, 5.74) is 1.11. The number of piperidine rings is 1. The van der Waals surface area contributed by atoms with Crippen molar-refractivity contribution in [1.82, 2.24) is 15.1 Å². The predicted molar refractivity (Wildman–Crippen MR) is 96.7 cm³/mol. The maximum Gasteiger partial charge on any atom is 0.338 e. The molecular weight excluding hydrogens is 346 g/mol. The van der Waals surface area contributed by atoms with Gasteiger partial charge in [-0.2, -0.15) is 0 Å². The molecule has 1 aromatic heterocycles. The first-order chi connectivity index (χ1) is 13.2. The Morgan fingerprint density at radius 3 is 2.67 bits per heavy atom. The Labute approximate surface area is 157 Å². The number of ether oxygens (including phenoxy) is 1. The number of likely N-dealkylation sites (tertiary alicyclic amines) is 1. The van der Waals surface area contributed by atoms with Gasteiger partial charge in [-0.25, -0.2) is 4.79 Å². The second-order valence-electron chi connectivity index (χ2n) is 7.24. The largest absolute Gasteiger partial charge is 0.452 e. The lowest BCUT2D eigenvalue weighted by Crippen LogP contribution is -2.50. The molecule has 2 heterocycles. The topological polar surface area (TPSA) is 85.5 Å². The fraction of sp³-hybridized carbons (Fsp3) is 0.500. The first-order valence-corrected chi connectivity index (χ1v) is 9.55. The van der Waals surface area contributed by atoms with Crippen LogP contribution in [-0.2, 0) is 9.53 Å². The fourth-order valence-electron chi connectivity index (χ4n) is 4.28. The van der Waals surface area contributed by atoms with Crippen LogP contribution < -0.4 is 0 Å². The zero-order valence-corrected chi connectivity index (χ0v) is 15.2. The first kappa shape index (κ1) is 17.7. The van der Waals surface area contributed by atoms with Gasteiger partial charge in [-0.05, 0) is 55.9 Å². The van der Waals surface area contributed by atoms with E-state index in [1.165, 1.54) is 32.1 Å². The highest BCUT2D eigenvalue weighted by Crippen LogP contribution is 2.35. The van der Waals surface area contributed by atoms with Gasteiger partial charge in [0.1, 0.15) is 0 Å². The fourth-order valence-corrected chi connectivity index (χ4v) is 4.28. The molecule has 2 fully saturated rings. The van der Waals surface area contributed by atoms with Crippen LogP contribution in [0, 0.1) is 5.92 Å². The maximum atomic E-state index is 12.6. The number of hydrogen-bond donors (Lipinski definition) is 0. The summed E-state index contributed by atoms with van der Waals surface area (Å²) < 4.78 is 10.4. The van der Waals surface area contributed by atoms with Crippen LogP contribution in [0.15, 0.2) is 35.1 Å². The molecule has 1 saturated carbocycles. The highest BCUT2D eigenvalue weighted by molar-refractivity contribution is 5.91.